The second kappa shape index (κ2) is 4.62. The van der Waals surface area contributed by atoms with E-state index in [1.54, 1.807) is 13.8 Å². The van der Waals surface area contributed by atoms with Crippen LogP contribution in [-0.2, 0) is 15.0 Å². The summed E-state index contributed by atoms with van der Waals surface area (Å²) < 4.78 is 23.5. The minimum absolute atomic E-state index is 0.310. The van der Waals surface area contributed by atoms with E-state index in [1.165, 1.54) is 0 Å². The van der Waals surface area contributed by atoms with E-state index >= 15 is 0 Å². The van der Waals surface area contributed by atoms with Crippen molar-refractivity contribution in [2.45, 2.75) is 13.8 Å². The minimum Gasteiger partial charge on any atom is -0.286 e. The van der Waals surface area contributed by atoms with Gasteiger partial charge in [0.1, 0.15) is 0 Å². The Bertz CT molecular complexity index is 165. The Kier molecular flexibility index (Phi) is 4.54. The van der Waals surface area contributed by atoms with Crippen molar-refractivity contribution in [1.82, 2.24) is 9.61 Å². The molecule has 6 heteroatoms. The van der Waals surface area contributed by atoms with Gasteiger partial charge in [-0.1, -0.05) is 11.8 Å². The molecule has 0 aliphatic heterocycles. The summed E-state index contributed by atoms with van der Waals surface area (Å²) >= 11 is 0. The van der Waals surface area contributed by atoms with Gasteiger partial charge in [0, 0.05) is 6.54 Å². The second-order valence-corrected chi connectivity index (χ2v) is 2.98. The van der Waals surface area contributed by atoms with Crippen LogP contribution in [-0.4, -0.2) is 21.6 Å². The van der Waals surface area contributed by atoms with Gasteiger partial charge in [-0.3, -0.25) is 4.84 Å². The molecule has 0 fully saturated rings. The van der Waals surface area contributed by atoms with E-state index in [-0.39, 0.29) is 0 Å². The molecule has 0 aliphatic carbocycles. The van der Waals surface area contributed by atoms with Crippen molar-refractivity contribution in [2.75, 3.05) is 13.2 Å². The van der Waals surface area contributed by atoms with E-state index in [2.05, 4.69) is 9.56 Å². The molecule has 0 bridgehead atoms. The van der Waals surface area contributed by atoms with Crippen LogP contribution in [0.25, 0.3) is 0 Å². The van der Waals surface area contributed by atoms with Gasteiger partial charge < -0.3 is 0 Å². The van der Waals surface area contributed by atoms with Crippen molar-refractivity contribution in [3.05, 3.63) is 0 Å². The third kappa shape index (κ3) is 4.68. The summed E-state index contributed by atoms with van der Waals surface area (Å²) in [6.07, 6.45) is 0. The van der Waals surface area contributed by atoms with Crippen molar-refractivity contribution in [3.8, 4) is 0 Å². The molecule has 2 N–H and O–H groups in total. The smallest absolute Gasteiger partial charge is 0.286 e. The van der Waals surface area contributed by atoms with Crippen LogP contribution >= 0.6 is 0 Å². The van der Waals surface area contributed by atoms with Crippen molar-refractivity contribution < 1.29 is 13.3 Å². The highest BCUT2D eigenvalue weighted by Crippen LogP contribution is 1.75. The number of rotatable bonds is 5. The molecule has 62 valence electrons. The maximum absolute atomic E-state index is 10.6. The fourth-order valence-corrected chi connectivity index (χ4v) is 1.07. The van der Waals surface area contributed by atoms with Crippen molar-refractivity contribution in [2.24, 2.45) is 0 Å². The maximum Gasteiger partial charge on any atom is 0.299 e. The van der Waals surface area contributed by atoms with Gasteiger partial charge >= 0.3 is 0 Å². The molecule has 0 aromatic carbocycles. The van der Waals surface area contributed by atoms with Crippen LogP contribution in [0.15, 0.2) is 0 Å². The van der Waals surface area contributed by atoms with Crippen molar-refractivity contribution >= 4 is 10.2 Å². The molecular weight excluding hydrogens is 156 g/mol. The van der Waals surface area contributed by atoms with Crippen LogP contribution in [0, 0.1) is 0 Å². The zero-order valence-corrected chi connectivity index (χ0v) is 6.86. The monoisotopic (exact) mass is 168 g/mol. The molecule has 5 nitrogen and oxygen atoms in total. The Morgan fingerprint density at radius 3 is 2.40 bits per heavy atom. The van der Waals surface area contributed by atoms with Crippen LogP contribution < -0.4 is 9.61 Å². The second-order valence-electron chi connectivity index (χ2n) is 1.52. The number of nitrogens with one attached hydrogen (secondary N) is 2. The number of hydrogen-bond donors (Lipinski definition) is 2. The molecule has 0 aromatic rings. The first kappa shape index (κ1) is 9.83. The van der Waals surface area contributed by atoms with E-state index < -0.39 is 10.2 Å². The fraction of sp³-hybridized carbons (Fsp3) is 1.00. The highest BCUT2D eigenvalue weighted by Gasteiger charge is 2.04. The summed E-state index contributed by atoms with van der Waals surface area (Å²) in [4.78, 5) is 6.32. The van der Waals surface area contributed by atoms with Crippen molar-refractivity contribution in [3.63, 3.8) is 0 Å². The highest BCUT2D eigenvalue weighted by atomic mass is 32.2. The third-order valence-electron chi connectivity index (χ3n) is 0.647. The lowest BCUT2D eigenvalue weighted by Gasteiger charge is -2.03. The first-order valence-corrected chi connectivity index (χ1v) is 4.49. The first-order valence-electron chi connectivity index (χ1n) is 3.00. The predicted molar refractivity (Wildman–Crippen MR) is 37.4 cm³/mol. The molecular formula is C4H12N2O3S. The van der Waals surface area contributed by atoms with Gasteiger partial charge in [-0.05, 0) is 6.92 Å². The molecule has 0 atom stereocenters. The maximum atomic E-state index is 10.6. The Balaban J connectivity index is 3.65. The molecule has 0 aliphatic rings. The highest BCUT2D eigenvalue weighted by molar-refractivity contribution is 7.87. The van der Waals surface area contributed by atoms with Gasteiger partial charge in [-0.25, -0.2) is 4.72 Å². The summed E-state index contributed by atoms with van der Waals surface area (Å²) in [7, 11) is -3.42. The molecule has 10 heavy (non-hydrogen) atoms. The lowest BCUT2D eigenvalue weighted by atomic mass is 10.8. The average molecular weight is 168 g/mol. The zero-order chi connectivity index (χ0) is 8.04. The van der Waals surface area contributed by atoms with E-state index in [4.69, 9.17) is 0 Å². The summed E-state index contributed by atoms with van der Waals surface area (Å²) in [6, 6.07) is 0. The summed E-state index contributed by atoms with van der Waals surface area (Å²) in [5, 5.41) is 0. The van der Waals surface area contributed by atoms with Gasteiger partial charge in [-0.2, -0.15) is 8.42 Å². The Morgan fingerprint density at radius 2 is 2.00 bits per heavy atom. The number of hydrogen-bond acceptors (Lipinski definition) is 3. The van der Waals surface area contributed by atoms with Gasteiger partial charge in [0.2, 0.25) is 0 Å². The van der Waals surface area contributed by atoms with Crippen LogP contribution in [0.3, 0.4) is 0 Å². The fourth-order valence-electron chi connectivity index (χ4n) is 0.356. The van der Waals surface area contributed by atoms with Gasteiger partial charge in [-0.15, -0.1) is 0 Å². The van der Waals surface area contributed by atoms with Gasteiger partial charge in [0.15, 0.2) is 0 Å². The van der Waals surface area contributed by atoms with Gasteiger partial charge in [0.05, 0.1) is 6.61 Å². The summed E-state index contributed by atoms with van der Waals surface area (Å²) in [6.45, 7) is 4.03. The topological polar surface area (TPSA) is 67.4 Å². The largest absolute Gasteiger partial charge is 0.299 e. The molecule has 0 aromatic heterocycles. The molecule has 0 spiro atoms. The van der Waals surface area contributed by atoms with E-state index in [0.717, 1.165) is 0 Å². The van der Waals surface area contributed by atoms with Crippen LogP contribution in [0.5, 0.6) is 0 Å². The van der Waals surface area contributed by atoms with Gasteiger partial charge in [0.25, 0.3) is 10.2 Å². The molecule has 0 saturated carbocycles. The molecule has 0 rings (SSSR count). The third-order valence-corrected chi connectivity index (χ3v) is 1.65. The zero-order valence-electron chi connectivity index (χ0n) is 6.05. The quantitative estimate of drug-likeness (QED) is 0.538. The minimum atomic E-state index is -3.42. The lowest BCUT2D eigenvalue weighted by Crippen LogP contribution is -2.36. The molecule has 0 saturated heterocycles. The predicted octanol–water partition coefficient (Wildman–Crippen LogP) is -0.618. The van der Waals surface area contributed by atoms with E-state index in [1.807, 2.05) is 4.89 Å². The molecule has 0 amide bonds. The SMILES string of the molecule is CCNS(=O)(=O)NOCC. The summed E-state index contributed by atoms with van der Waals surface area (Å²) in [5.74, 6) is 0. The standard InChI is InChI=1S/C4H12N2O3S/c1-3-5-10(7,8)6-9-4-2/h5-6H,3-4H2,1-2H3. The van der Waals surface area contributed by atoms with Crippen LogP contribution in [0.4, 0.5) is 0 Å². The Labute approximate surface area is 60.9 Å². The molecule has 0 radical (unpaired) electrons. The molecule has 0 heterocycles. The van der Waals surface area contributed by atoms with E-state index in [9.17, 15) is 8.42 Å². The van der Waals surface area contributed by atoms with Crippen LogP contribution in [0.1, 0.15) is 13.8 Å². The van der Waals surface area contributed by atoms with Crippen LogP contribution in [0.2, 0.25) is 0 Å². The average Bonchev–Trinajstić information content (AvgIpc) is 1.84. The molecule has 0 unspecified atom stereocenters. The Morgan fingerprint density at radius 1 is 1.40 bits per heavy atom. The van der Waals surface area contributed by atoms with E-state index in [0.29, 0.717) is 13.2 Å². The first-order chi connectivity index (χ1) is 4.62. The normalized spacial score (nSPS) is 11.8. The Hall–Kier alpha value is -0.170. The van der Waals surface area contributed by atoms with Crippen molar-refractivity contribution in [1.29, 1.82) is 0 Å². The summed E-state index contributed by atoms with van der Waals surface area (Å²) in [5.41, 5.74) is 0. The lowest BCUT2D eigenvalue weighted by molar-refractivity contribution is 0.104.